The standard InChI is InChI=1S/C19H26N2O5/c1-13-9-5-6-11-15(13)24-18(23)26-21-16(14-10-7-8-12-20-14)17(22)25-19(2,3)4/h7-8,10,12-13,15H,5-6,9,11H2,1-4H3/b21-16+/t13-,15-/m0/s1. The number of aromatic nitrogens is 1. The summed E-state index contributed by atoms with van der Waals surface area (Å²) in [4.78, 5) is 33.3. The van der Waals surface area contributed by atoms with Gasteiger partial charge in [0.2, 0.25) is 5.71 Å². The molecule has 0 N–H and O–H groups in total. The Hall–Kier alpha value is -2.44. The third-order valence-electron chi connectivity index (χ3n) is 3.99. The number of carbonyl (C=O) groups excluding carboxylic acids is 2. The second-order valence-electron chi connectivity index (χ2n) is 7.42. The van der Waals surface area contributed by atoms with E-state index < -0.39 is 17.7 Å². The third-order valence-corrected chi connectivity index (χ3v) is 3.99. The Labute approximate surface area is 153 Å². The van der Waals surface area contributed by atoms with Crippen molar-refractivity contribution in [2.45, 2.75) is 65.1 Å². The molecule has 1 heterocycles. The van der Waals surface area contributed by atoms with Crippen molar-refractivity contribution < 1.29 is 23.9 Å². The molecule has 26 heavy (non-hydrogen) atoms. The Balaban J connectivity index is 2.09. The van der Waals surface area contributed by atoms with Crippen LogP contribution in [0.25, 0.3) is 0 Å². The first-order chi connectivity index (χ1) is 12.3. The Morgan fingerprint density at radius 3 is 2.54 bits per heavy atom. The van der Waals surface area contributed by atoms with E-state index in [0.29, 0.717) is 0 Å². The molecule has 0 aromatic carbocycles. The van der Waals surface area contributed by atoms with Crippen molar-refractivity contribution in [1.82, 2.24) is 4.98 Å². The normalized spacial score (nSPS) is 21.0. The van der Waals surface area contributed by atoms with Gasteiger partial charge in [0, 0.05) is 6.20 Å². The van der Waals surface area contributed by atoms with Gasteiger partial charge in [-0.05, 0) is 58.1 Å². The van der Waals surface area contributed by atoms with Crippen LogP contribution < -0.4 is 0 Å². The maximum absolute atomic E-state index is 12.4. The van der Waals surface area contributed by atoms with Crippen molar-refractivity contribution >= 4 is 17.8 Å². The van der Waals surface area contributed by atoms with Gasteiger partial charge in [-0.2, -0.15) is 0 Å². The predicted octanol–water partition coefficient (Wildman–Crippen LogP) is 3.86. The summed E-state index contributed by atoms with van der Waals surface area (Å²) in [7, 11) is 0. The quantitative estimate of drug-likeness (QED) is 0.350. The molecule has 1 aromatic heterocycles. The molecule has 1 aromatic rings. The van der Waals surface area contributed by atoms with Gasteiger partial charge >= 0.3 is 12.1 Å². The van der Waals surface area contributed by atoms with Gasteiger partial charge in [-0.15, -0.1) is 0 Å². The number of esters is 1. The zero-order valence-corrected chi connectivity index (χ0v) is 15.7. The molecule has 1 aliphatic rings. The van der Waals surface area contributed by atoms with Gasteiger partial charge in [0.15, 0.2) is 0 Å². The molecule has 1 aliphatic carbocycles. The maximum Gasteiger partial charge on any atom is 0.535 e. The van der Waals surface area contributed by atoms with E-state index in [2.05, 4.69) is 10.1 Å². The molecule has 1 saturated carbocycles. The molecule has 0 spiro atoms. The molecule has 1 fully saturated rings. The average Bonchev–Trinajstić information content (AvgIpc) is 2.56. The minimum Gasteiger partial charge on any atom is -0.455 e. The molecule has 0 saturated heterocycles. The van der Waals surface area contributed by atoms with Crippen LogP contribution in [0.5, 0.6) is 0 Å². The summed E-state index contributed by atoms with van der Waals surface area (Å²) >= 11 is 0. The molecule has 7 heteroatoms. The summed E-state index contributed by atoms with van der Waals surface area (Å²) in [6.07, 6.45) is 4.36. The van der Waals surface area contributed by atoms with Crippen LogP contribution in [0.2, 0.25) is 0 Å². The lowest BCUT2D eigenvalue weighted by molar-refractivity contribution is -0.146. The molecule has 0 amide bonds. The smallest absolute Gasteiger partial charge is 0.455 e. The molecule has 0 bridgehead atoms. The molecule has 0 aliphatic heterocycles. The minimum absolute atomic E-state index is 0.186. The van der Waals surface area contributed by atoms with Crippen LogP contribution in [-0.2, 0) is 19.1 Å². The molecule has 7 nitrogen and oxygen atoms in total. The second-order valence-corrected chi connectivity index (χ2v) is 7.42. The van der Waals surface area contributed by atoms with Crippen molar-refractivity contribution in [3.63, 3.8) is 0 Å². The molecule has 142 valence electrons. The van der Waals surface area contributed by atoms with Crippen molar-refractivity contribution in [1.29, 1.82) is 0 Å². The van der Waals surface area contributed by atoms with Crippen LogP contribution in [0.3, 0.4) is 0 Å². The summed E-state index contributed by atoms with van der Waals surface area (Å²) in [5, 5.41) is 3.67. The fourth-order valence-corrected chi connectivity index (χ4v) is 2.70. The lowest BCUT2D eigenvalue weighted by atomic mass is 9.88. The fraction of sp³-hybridized carbons (Fsp3) is 0.579. The van der Waals surface area contributed by atoms with E-state index in [9.17, 15) is 9.59 Å². The van der Waals surface area contributed by atoms with Crippen LogP contribution in [0.4, 0.5) is 4.79 Å². The van der Waals surface area contributed by atoms with Gasteiger partial charge in [-0.3, -0.25) is 9.82 Å². The van der Waals surface area contributed by atoms with Crippen LogP contribution >= 0.6 is 0 Å². The van der Waals surface area contributed by atoms with E-state index in [-0.39, 0.29) is 23.4 Å². The van der Waals surface area contributed by atoms with Gasteiger partial charge in [-0.25, -0.2) is 9.59 Å². The van der Waals surface area contributed by atoms with Gasteiger partial charge in [-0.1, -0.05) is 24.6 Å². The molecule has 2 atom stereocenters. The van der Waals surface area contributed by atoms with Crippen LogP contribution in [-0.4, -0.2) is 34.5 Å². The van der Waals surface area contributed by atoms with Gasteiger partial charge in [0.05, 0.1) is 5.69 Å². The number of pyridine rings is 1. The first-order valence-electron chi connectivity index (χ1n) is 8.86. The number of ether oxygens (including phenoxy) is 2. The first-order valence-corrected chi connectivity index (χ1v) is 8.86. The highest BCUT2D eigenvalue weighted by Gasteiger charge is 2.27. The number of hydrogen-bond acceptors (Lipinski definition) is 7. The van der Waals surface area contributed by atoms with Crippen molar-refractivity contribution in [2.24, 2.45) is 11.1 Å². The number of carbonyl (C=O) groups is 2. The monoisotopic (exact) mass is 362 g/mol. The molecule has 0 radical (unpaired) electrons. The molecule has 0 unspecified atom stereocenters. The first kappa shape index (κ1) is 19.9. The highest BCUT2D eigenvalue weighted by Crippen LogP contribution is 2.26. The Morgan fingerprint density at radius 2 is 1.92 bits per heavy atom. The van der Waals surface area contributed by atoms with Crippen molar-refractivity contribution in [2.75, 3.05) is 0 Å². The number of nitrogens with zero attached hydrogens (tertiary/aromatic N) is 2. The molecule has 2 rings (SSSR count). The van der Waals surface area contributed by atoms with E-state index in [4.69, 9.17) is 14.3 Å². The fourth-order valence-electron chi connectivity index (χ4n) is 2.70. The highest BCUT2D eigenvalue weighted by atomic mass is 16.8. The maximum atomic E-state index is 12.4. The van der Waals surface area contributed by atoms with Gasteiger partial charge in [0.25, 0.3) is 0 Å². The van der Waals surface area contributed by atoms with Crippen LogP contribution in [0.1, 0.15) is 59.1 Å². The van der Waals surface area contributed by atoms with E-state index in [1.54, 1.807) is 39.0 Å². The minimum atomic E-state index is -0.930. The Kier molecular flexibility index (Phi) is 6.71. The summed E-state index contributed by atoms with van der Waals surface area (Å²) in [5.41, 5.74) is -0.653. The number of rotatable bonds is 4. The molecular weight excluding hydrogens is 336 g/mol. The zero-order chi connectivity index (χ0) is 19.2. The summed E-state index contributed by atoms with van der Waals surface area (Å²) < 4.78 is 10.6. The lowest BCUT2D eigenvalue weighted by Gasteiger charge is -2.27. The summed E-state index contributed by atoms with van der Waals surface area (Å²) in [6, 6.07) is 4.99. The van der Waals surface area contributed by atoms with E-state index >= 15 is 0 Å². The van der Waals surface area contributed by atoms with Gasteiger partial charge < -0.3 is 9.47 Å². The SMILES string of the molecule is C[C@H]1CCCC[C@@H]1OC(=O)O/N=C(/C(=O)OC(C)(C)C)c1ccccn1. The predicted molar refractivity (Wildman–Crippen MR) is 95.6 cm³/mol. The Morgan fingerprint density at radius 1 is 1.19 bits per heavy atom. The van der Waals surface area contributed by atoms with Crippen molar-refractivity contribution in [3.8, 4) is 0 Å². The summed E-state index contributed by atoms with van der Waals surface area (Å²) in [5.74, 6) is -0.448. The highest BCUT2D eigenvalue weighted by molar-refractivity contribution is 6.42. The average molecular weight is 362 g/mol. The third kappa shape index (κ3) is 6.13. The topological polar surface area (TPSA) is 87.1 Å². The molecular formula is C19H26N2O5. The largest absolute Gasteiger partial charge is 0.535 e. The number of hydrogen-bond donors (Lipinski definition) is 0. The second kappa shape index (κ2) is 8.78. The van der Waals surface area contributed by atoms with Gasteiger partial charge in [0.1, 0.15) is 11.7 Å². The lowest BCUT2D eigenvalue weighted by Crippen LogP contribution is -2.31. The Bertz CT molecular complexity index is 652. The number of oxime groups is 1. The zero-order valence-electron chi connectivity index (χ0n) is 15.7. The van der Waals surface area contributed by atoms with Crippen molar-refractivity contribution in [3.05, 3.63) is 30.1 Å². The summed E-state index contributed by atoms with van der Waals surface area (Å²) in [6.45, 7) is 7.25. The van der Waals surface area contributed by atoms with Crippen LogP contribution in [0, 0.1) is 5.92 Å². The van der Waals surface area contributed by atoms with Crippen LogP contribution in [0.15, 0.2) is 29.6 Å². The van der Waals surface area contributed by atoms with E-state index in [1.807, 2.05) is 6.92 Å². The van der Waals surface area contributed by atoms with E-state index in [1.165, 1.54) is 6.20 Å². The van der Waals surface area contributed by atoms with E-state index in [0.717, 1.165) is 25.7 Å².